The summed E-state index contributed by atoms with van der Waals surface area (Å²) in [5.74, 6) is 1.71. The first kappa shape index (κ1) is 16.1. The van der Waals surface area contributed by atoms with Crippen LogP contribution in [0.1, 0.15) is 22.0 Å². The van der Waals surface area contributed by atoms with Crippen LogP contribution in [0.5, 0.6) is 5.88 Å². The van der Waals surface area contributed by atoms with Crippen molar-refractivity contribution in [2.75, 3.05) is 38.2 Å². The highest BCUT2D eigenvalue weighted by Crippen LogP contribution is 2.17. The van der Waals surface area contributed by atoms with Gasteiger partial charge in [0.2, 0.25) is 11.8 Å². The molecule has 0 spiro atoms. The third kappa shape index (κ3) is 3.42. The Morgan fingerprint density at radius 2 is 1.88 bits per heavy atom. The molecular weight excluding hydrogens is 308 g/mol. The van der Waals surface area contributed by atoms with Crippen LogP contribution in [0, 0.1) is 13.8 Å². The first-order chi connectivity index (χ1) is 11.6. The Kier molecular flexibility index (Phi) is 4.54. The second-order valence-electron chi connectivity index (χ2n) is 5.62. The predicted molar refractivity (Wildman–Crippen MR) is 88.2 cm³/mol. The van der Waals surface area contributed by atoms with E-state index in [9.17, 15) is 4.79 Å². The molecule has 1 aliphatic rings. The van der Waals surface area contributed by atoms with Crippen LogP contribution in [-0.2, 0) is 0 Å². The summed E-state index contributed by atoms with van der Waals surface area (Å²) < 4.78 is 5.20. The van der Waals surface area contributed by atoms with Crippen LogP contribution < -0.4 is 9.64 Å². The molecule has 0 saturated carbocycles. The first-order valence-corrected chi connectivity index (χ1v) is 7.80. The van der Waals surface area contributed by atoms with E-state index in [4.69, 9.17) is 4.74 Å². The highest BCUT2D eigenvalue weighted by atomic mass is 16.5. The average molecular weight is 328 g/mol. The number of piperazine rings is 1. The molecule has 1 aliphatic heterocycles. The summed E-state index contributed by atoms with van der Waals surface area (Å²) in [5, 5.41) is 0. The van der Waals surface area contributed by atoms with Gasteiger partial charge in [-0.1, -0.05) is 0 Å². The fraction of sp³-hybridized carbons (Fsp3) is 0.438. The van der Waals surface area contributed by atoms with E-state index in [1.807, 2.05) is 6.92 Å². The largest absolute Gasteiger partial charge is 0.481 e. The number of carbonyl (C=O) groups excluding carboxylic acids is 1. The minimum Gasteiger partial charge on any atom is -0.481 e. The molecule has 1 saturated heterocycles. The predicted octanol–water partition coefficient (Wildman–Crippen LogP) is 0.854. The third-order valence-corrected chi connectivity index (χ3v) is 3.87. The molecule has 0 bridgehead atoms. The fourth-order valence-corrected chi connectivity index (χ4v) is 2.62. The van der Waals surface area contributed by atoms with Gasteiger partial charge < -0.3 is 14.5 Å². The number of aromatic nitrogens is 4. The summed E-state index contributed by atoms with van der Waals surface area (Å²) in [6, 6.07) is 3.44. The van der Waals surface area contributed by atoms with Crippen molar-refractivity contribution in [2.24, 2.45) is 0 Å². The van der Waals surface area contributed by atoms with Crippen LogP contribution in [0.15, 0.2) is 18.3 Å². The lowest BCUT2D eigenvalue weighted by Crippen LogP contribution is -2.49. The Labute approximate surface area is 140 Å². The maximum Gasteiger partial charge on any atom is 0.272 e. The van der Waals surface area contributed by atoms with Gasteiger partial charge >= 0.3 is 0 Å². The number of carbonyl (C=O) groups is 1. The molecule has 0 unspecified atom stereocenters. The number of rotatable bonds is 3. The molecule has 126 valence electrons. The van der Waals surface area contributed by atoms with E-state index in [2.05, 4.69) is 24.8 Å². The quantitative estimate of drug-likeness (QED) is 0.826. The van der Waals surface area contributed by atoms with E-state index < -0.39 is 0 Å². The molecule has 2 aromatic heterocycles. The number of methoxy groups -OCH3 is 1. The molecule has 2 aromatic rings. The average Bonchev–Trinajstić information content (AvgIpc) is 2.60. The van der Waals surface area contributed by atoms with Crippen molar-refractivity contribution < 1.29 is 9.53 Å². The second-order valence-corrected chi connectivity index (χ2v) is 5.62. The molecule has 0 N–H and O–H groups in total. The van der Waals surface area contributed by atoms with Crippen LogP contribution in [-0.4, -0.2) is 64.0 Å². The molecule has 0 atom stereocenters. The van der Waals surface area contributed by atoms with Crippen molar-refractivity contribution in [3.05, 3.63) is 35.5 Å². The van der Waals surface area contributed by atoms with Crippen molar-refractivity contribution in [2.45, 2.75) is 13.8 Å². The molecule has 0 aliphatic carbocycles. The van der Waals surface area contributed by atoms with Gasteiger partial charge in [-0.3, -0.25) is 4.79 Å². The monoisotopic (exact) mass is 328 g/mol. The topological polar surface area (TPSA) is 84.3 Å². The Morgan fingerprint density at radius 1 is 1.12 bits per heavy atom. The van der Waals surface area contributed by atoms with E-state index in [0.717, 1.165) is 5.69 Å². The number of hydrogen-bond donors (Lipinski definition) is 0. The molecule has 8 heteroatoms. The minimum absolute atomic E-state index is 0.0668. The van der Waals surface area contributed by atoms with Gasteiger partial charge in [-0.2, -0.15) is 4.98 Å². The third-order valence-electron chi connectivity index (χ3n) is 3.87. The maximum atomic E-state index is 12.5. The van der Waals surface area contributed by atoms with Crippen LogP contribution in [0.2, 0.25) is 0 Å². The maximum absolute atomic E-state index is 12.5. The van der Waals surface area contributed by atoms with Crippen LogP contribution in [0.4, 0.5) is 5.95 Å². The Hall–Kier alpha value is -2.77. The molecule has 0 radical (unpaired) electrons. The standard InChI is InChI=1S/C16H20N6O2/c1-11-10-14(24-3)20-16(18-11)22-8-6-21(7-9-22)15(23)13-4-5-17-12(2)19-13/h4-5,10H,6-9H2,1-3H3. The number of ether oxygens (including phenoxy) is 1. The highest BCUT2D eigenvalue weighted by Gasteiger charge is 2.24. The van der Waals surface area contributed by atoms with Crippen molar-refractivity contribution in [1.82, 2.24) is 24.8 Å². The lowest BCUT2D eigenvalue weighted by atomic mass is 10.2. The van der Waals surface area contributed by atoms with Crippen molar-refractivity contribution in [3.8, 4) is 5.88 Å². The number of aryl methyl sites for hydroxylation is 2. The van der Waals surface area contributed by atoms with Gasteiger partial charge in [0.25, 0.3) is 5.91 Å². The lowest BCUT2D eigenvalue weighted by Gasteiger charge is -2.34. The summed E-state index contributed by atoms with van der Waals surface area (Å²) >= 11 is 0. The number of anilines is 1. The van der Waals surface area contributed by atoms with Gasteiger partial charge in [0.1, 0.15) is 11.5 Å². The van der Waals surface area contributed by atoms with Crippen molar-refractivity contribution >= 4 is 11.9 Å². The molecule has 1 fully saturated rings. The normalized spacial score (nSPS) is 14.6. The zero-order valence-corrected chi connectivity index (χ0v) is 14.1. The van der Waals surface area contributed by atoms with Gasteiger partial charge in [0.15, 0.2) is 0 Å². The molecule has 0 aromatic carbocycles. The molecule has 1 amide bonds. The molecule has 24 heavy (non-hydrogen) atoms. The minimum atomic E-state index is -0.0668. The Morgan fingerprint density at radius 3 is 2.54 bits per heavy atom. The second kappa shape index (κ2) is 6.77. The zero-order chi connectivity index (χ0) is 17.1. The smallest absolute Gasteiger partial charge is 0.272 e. The van der Waals surface area contributed by atoms with Crippen LogP contribution in [0.25, 0.3) is 0 Å². The first-order valence-electron chi connectivity index (χ1n) is 7.80. The Bertz CT molecular complexity index is 743. The highest BCUT2D eigenvalue weighted by molar-refractivity contribution is 5.92. The van der Waals surface area contributed by atoms with E-state index in [-0.39, 0.29) is 5.91 Å². The molecular formula is C16H20N6O2. The van der Waals surface area contributed by atoms with Crippen LogP contribution >= 0.6 is 0 Å². The van der Waals surface area contributed by atoms with E-state index in [0.29, 0.717) is 49.5 Å². The number of amides is 1. The van der Waals surface area contributed by atoms with E-state index in [1.165, 1.54) is 0 Å². The van der Waals surface area contributed by atoms with Gasteiger partial charge in [0, 0.05) is 44.1 Å². The summed E-state index contributed by atoms with van der Waals surface area (Å²) in [7, 11) is 1.59. The van der Waals surface area contributed by atoms with Gasteiger partial charge in [-0.15, -0.1) is 0 Å². The summed E-state index contributed by atoms with van der Waals surface area (Å²) in [5.41, 5.74) is 1.29. The molecule has 8 nitrogen and oxygen atoms in total. The molecule has 3 rings (SSSR count). The van der Waals surface area contributed by atoms with Crippen LogP contribution in [0.3, 0.4) is 0 Å². The van der Waals surface area contributed by atoms with E-state index in [1.54, 1.807) is 37.3 Å². The van der Waals surface area contributed by atoms with Gasteiger partial charge in [0.05, 0.1) is 7.11 Å². The molecule has 3 heterocycles. The lowest BCUT2D eigenvalue weighted by molar-refractivity contribution is 0.0739. The van der Waals surface area contributed by atoms with Gasteiger partial charge in [-0.05, 0) is 19.9 Å². The number of hydrogen-bond acceptors (Lipinski definition) is 7. The van der Waals surface area contributed by atoms with Gasteiger partial charge in [-0.25, -0.2) is 15.0 Å². The van der Waals surface area contributed by atoms with E-state index >= 15 is 0 Å². The fourth-order valence-electron chi connectivity index (χ4n) is 2.62. The Balaban J connectivity index is 1.67. The van der Waals surface area contributed by atoms with Crippen molar-refractivity contribution in [3.63, 3.8) is 0 Å². The summed E-state index contributed by atoms with van der Waals surface area (Å²) in [6.07, 6.45) is 1.61. The van der Waals surface area contributed by atoms with Crippen molar-refractivity contribution in [1.29, 1.82) is 0 Å². The summed E-state index contributed by atoms with van der Waals surface area (Å²) in [6.45, 7) is 6.22. The number of nitrogens with zero attached hydrogens (tertiary/aromatic N) is 6. The SMILES string of the molecule is COc1cc(C)nc(N2CCN(C(=O)c3ccnc(C)n3)CC2)n1. The summed E-state index contributed by atoms with van der Waals surface area (Å²) in [4.78, 5) is 33.4. The zero-order valence-electron chi connectivity index (χ0n) is 14.1.